The summed E-state index contributed by atoms with van der Waals surface area (Å²) < 4.78 is 40.5. The van der Waals surface area contributed by atoms with Crippen molar-refractivity contribution in [3.63, 3.8) is 0 Å². The number of nitrogens with one attached hydrogen (secondary N) is 3. The minimum atomic E-state index is -3.90. The standard InChI is InChI=1S/C15H20FN3O3S/c16-13-6-5-12(18-15(20)9-17-8-10-1-2-10)7-14(13)23(21,22)19-11-3-4-11/h5-7,10-11,17,19H,1-4,8-9H2,(H,18,20). The van der Waals surface area contributed by atoms with Gasteiger partial charge in [-0.05, 0) is 56.3 Å². The summed E-state index contributed by atoms with van der Waals surface area (Å²) in [4.78, 5) is 11.4. The van der Waals surface area contributed by atoms with Crippen molar-refractivity contribution in [3.05, 3.63) is 24.0 Å². The Bertz CT molecular complexity index is 700. The molecule has 0 aliphatic heterocycles. The highest BCUT2D eigenvalue weighted by Crippen LogP contribution is 2.27. The maximum atomic E-state index is 13.8. The predicted octanol–water partition coefficient (Wildman–Crippen LogP) is 1.20. The van der Waals surface area contributed by atoms with Gasteiger partial charge >= 0.3 is 0 Å². The monoisotopic (exact) mass is 341 g/mol. The van der Waals surface area contributed by atoms with E-state index in [9.17, 15) is 17.6 Å². The topological polar surface area (TPSA) is 87.3 Å². The first-order chi connectivity index (χ1) is 10.9. The molecule has 2 aliphatic carbocycles. The maximum absolute atomic E-state index is 13.8. The van der Waals surface area contributed by atoms with Gasteiger partial charge in [-0.2, -0.15) is 0 Å². The van der Waals surface area contributed by atoms with Gasteiger partial charge in [-0.25, -0.2) is 17.5 Å². The number of carbonyl (C=O) groups excluding carboxylic acids is 1. The fourth-order valence-electron chi connectivity index (χ4n) is 2.19. The third-order valence-electron chi connectivity index (χ3n) is 3.82. The number of benzene rings is 1. The lowest BCUT2D eigenvalue weighted by Gasteiger charge is -2.10. The molecule has 1 aromatic carbocycles. The van der Waals surface area contributed by atoms with Crippen LogP contribution in [0.25, 0.3) is 0 Å². The first-order valence-electron chi connectivity index (χ1n) is 7.76. The Morgan fingerprint density at radius 3 is 2.61 bits per heavy atom. The van der Waals surface area contributed by atoms with Gasteiger partial charge in [0.25, 0.3) is 0 Å². The summed E-state index contributed by atoms with van der Waals surface area (Å²) in [5.74, 6) is -0.447. The second-order valence-electron chi connectivity index (χ2n) is 6.16. The van der Waals surface area contributed by atoms with Gasteiger partial charge in [0.15, 0.2) is 0 Å². The van der Waals surface area contributed by atoms with Crippen LogP contribution in [0.5, 0.6) is 0 Å². The molecule has 0 saturated heterocycles. The summed E-state index contributed by atoms with van der Waals surface area (Å²) in [6.45, 7) is 0.956. The Kier molecular flexibility index (Phi) is 4.65. The van der Waals surface area contributed by atoms with E-state index in [1.54, 1.807) is 0 Å². The van der Waals surface area contributed by atoms with E-state index in [1.165, 1.54) is 18.9 Å². The summed E-state index contributed by atoms with van der Waals surface area (Å²) >= 11 is 0. The number of carbonyl (C=O) groups is 1. The number of hydrogen-bond acceptors (Lipinski definition) is 4. The molecule has 1 aromatic rings. The summed E-state index contributed by atoms with van der Waals surface area (Å²) in [6.07, 6.45) is 3.93. The van der Waals surface area contributed by atoms with Crippen molar-refractivity contribution in [2.75, 3.05) is 18.4 Å². The van der Waals surface area contributed by atoms with Crippen molar-refractivity contribution in [2.45, 2.75) is 36.6 Å². The number of sulfonamides is 1. The zero-order valence-electron chi connectivity index (χ0n) is 12.6. The molecule has 3 N–H and O–H groups in total. The fraction of sp³-hybridized carbons (Fsp3) is 0.533. The molecule has 2 saturated carbocycles. The minimum Gasteiger partial charge on any atom is -0.325 e. The Morgan fingerprint density at radius 1 is 1.22 bits per heavy atom. The van der Waals surface area contributed by atoms with Crippen LogP contribution >= 0.6 is 0 Å². The molecular weight excluding hydrogens is 321 g/mol. The molecule has 0 heterocycles. The first-order valence-corrected chi connectivity index (χ1v) is 9.25. The van der Waals surface area contributed by atoms with E-state index in [-0.39, 0.29) is 24.2 Å². The normalized spacial score (nSPS) is 18.0. The van der Waals surface area contributed by atoms with Crippen LogP contribution in [0.15, 0.2) is 23.1 Å². The first kappa shape index (κ1) is 16.4. The quantitative estimate of drug-likeness (QED) is 0.663. The van der Waals surface area contributed by atoms with Gasteiger partial charge in [0.2, 0.25) is 15.9 Å². The highest BCUT2D eigenvalue weighted by atomic mass is 32.2. The third-order valence-corrected chi connectivity index (χ3v) is 5.35. The van der Waals surface area contributed by atoms with E-state index < -0.39 is 20.7 Å². The Morgan fingerprint density at radius 2 is 1.96 bits per heavy atom. The average Bonchev–Trinajstić information content (AvgIpc) is 3.36. The van der Waals surface area contributed by atoms with Gasteiger partial charge in [-0.15, -0.1) is 0 Å². The molecule has 8 heteroatoms. The van der Waals surface area contributed by atoms with Crippen molar-refractivity contribution >= 4 is 21.6 Å². The maximum Gasteiger partial charge on any atom is 0.243 e. The van der Waals surface area contributed by atoms with Crippen LogP contribution < -0.4 is 15.4 Å². The zero-order valence-corrected chi connectivity index (χ0v) is 13.5. The lowest BCUT2D eigenvalue weighted by molar-refractivity contribution is -0.115. The van der Waals surface area contributed by atoms with Crippen LogP contribution in [-0.4, -0.2) is 33.5 Å². The SMILES string of the molecule is O=C(CNCC1CC1)Nc1ccc(F)c(S(=O)(=O)NC2CC2)c1. The molecule has 23 heavy (non-hydrogen) atoms. The highest BCUT2D eigenvalue weighted by molar-refractivity contribution is 7.89. The minimum absolute atomic E-state index is 0.107. The van der Waals surface area contributed by atoms with Crippen LogP contribution in [0.4, 0.5) is 10.1 Å². The van der Waals surface area contributed by atoms with E-state index in [2.05, 4.69) is 15.4 Å². The number of hydrogen-bond donors (Lipinski definition) is 3. The number of amides is 1. The van der Waals surface area contributed by atoms with Crippen molar-refractivity contribution in [1.82, 2.24) is 10.0 Å². The molecule has 6 nitrogen and oxygen atoms in total. The van der Waals surface area contributed by atoms with E-state index in [4.69, 9.17) is 0 Å². The van der Waals surface area contributed by atoms with Crippen molar-refractivity contribution in [2.24, 2.45) is 5.92 Å². The van der Waals surface area contributed by atoms with E-state index in [1.807, 2.05) is 0 Å². The largest absolute Gasteiger partial charge is 0.325 e. The van der Waals surface area contributed by atoms with Gasteiger partial charge in [-0.1, -0.05) is 0 Å². The molecule has 2 aliphatic rings. The van der Waals surface area contributed by atoms with Crippen LogP contribution in [-0.2, 0) is 14.8 Å². The van der Waals surface area contributed by atoms with Gasteiger partial charge in [-0.3, -0.25) is 4.79 Å². The average molecular weight is 341 g/mol. The molecule has 0 radical (unpaired) electrons. The molecule has 0 atom stereocenters. The summed E-state index contributed by atoms with van der Waals surface area (Å²) in [5, 5.41) is 5.63. The second-order valence-corrected chi connectivity index (χ2v) is 7.85. The van der Waals surface area contributed by atoms with Crippen molar-refractivity contribution in [3.8, 4) is 0 Å². The van der Waals surface area contributed by atoms with Crippen molar-refractivity contribution in [1.29, 1.82) is 0 Å². The molecule has 0 spiro atoms. The highest BCUT2D eigenvalue weighted by Gasteiger charge is 2.30. The van der Waals surface area contributed by atoms with E-state index in [0.29, 0.717) is 5.92 Å². The van der Waals surface area contributed by atoms with Crippen LogP contribution in [0.3, 0.4) is 0 Å². The molecule has 2 fully saturated rings. The summed E-state index contributed by atoms with van der Waals surface area (Å²) in [7, 11) is -3.90. The van der Waals surface area contributed by atoms with Crippen LogP contribution in [0, 0.1) is 11.7 Å². The van der Waals surface area contributed by atoms with Gasteiger partial charge < -0.3 is 10.6 Å². The lowest BCUT2D eigenvalue weighted by atomic mass is 10.3. The molecule has 1 amide bonds. The molecule has 0 aromatic heterocycles. The Hall–Kier alpha value is -1.51. The summed E-state index contributed by atoms with van der Waals surface area (Å²) in [6, 6.07) is 3.45. The van der Waals surface area contributed by atoms with Gasteiger partial charge in [0, 0.05) is 11.7 Å². The summed E-state index contributed by atoms with van der Waals surface area (Å²) in [5.41, 5.74) is 0.265. The molecule has 3 rings (SSSR count). The smallest absolute Gasteiger partial charge is 0.243 e. The van der Waals surface area contributed by atoms with E-state index >= 15 is 0 Å². The number of halogens is 1. The Labute approximate surface area is 134 Å². The van der Waals surface area contributed by atoms with Gasteiger partial charge in [0.1, 0.15) is 10.7 Å². The number of rotatable bonds is 8. The fourth-order valence-corrected chi connectivity index (χ4v) is 3.60. The Balaban J connectivity index is 1.62. The van der Waals surface area contributed by atoms with Crippen LogP contribution in [0.1, 0.15) is 25.7 Å². The molecular formula is C15H20FN3O3S. The van der Waals surface area contributed by atoms with Crippen LogP contribution in [0.2, 0.25) is 0 Å². The molecule has 126 valence electrons. The van der Waals surface area contributed by atoms with Crippen molar-refractivity contribution < 1.29 is 17.6 Å². The zero-order chi connectivity index (χ0) is 16.4. The van der Waals surface area contributed by atoms with E-state index in [0.717, 1.165) is 31.5 Å². The third kappa shape index (κ3) is 4.73. The molecule has 0 unspecified atom stereocenters. The second kappa shape index (κ2) is 6.54. The predicted molar refractivity (Wildman–Crippen MR) is 84.0 cm³/mol. The number of anilines is 1. The molecule has 0 bridgehead atoms. The lowest BCUT2D eigenvalue weighted by Crippen LogP contribution is -2.30. The van der Waals surface area contributed by atoms with Gasteiger partial charge in [0.05, 0.1) is 6.54 Å².